The Balaban J connectivity index is 1.65. The van der Waals surface area contributed by atoms with Gasteiger partial charge >= 0.3 is 0 Å². The summed E-state index contributed by atoms with van der Waals surface area (Å²) in [5, 5.41) is 4.96. The van der Waals surface area contributed by atoms with Gasteiger partial charge in [-0.1, -0.05) is 48.0 Å². The molecule has 0 fully saturated rings. The maximum absolute atomic E-state index is 6.12. The molecule has 3 aromatic carbocycles. The molecule has 0 amide bonds. The van der Waals surface area contributed by atoms with Crippen molar-refractivity contribution in [3.63, 3.8) is 0 Å². The highest BCUT2D eigenvalue weighted by molar-refractivity contribution is 6.31. The molecule has 0 bridgehead atoms. The summed E-state index contributed by atoms with van der Waals surface area (Å²) >= 11 is 6.12. The van der Waals surface area contributed by atoms with E-state index in [0.717, 1.165) is 22.4 Å². The number of rotatable bonds is 7. The number of methoxy groups -OCH3 is 1. The molecule has 0 radical (unpaired) electrons. The Kier molecular flexibility index (Phi) is 6.34. The van der Waals surface area contributed by atoms with E-state index in [-0.39, 0.29) is 0 Å². The van der Waals surface area contributed by atoms with Gasteiger partial charge in [-0.2, -0.15) is 5.10 Å². The van der Waals surface area contributed by atoms with Gasteiger partial charge in [0.15, 0.2) is 11.5 Å². The molecule has 0 saturated carbocycles. The van der Waals surface area contributed by atoms with Gasteiger partial charge in [0.05, 0.1) is 19.0 Å². The number of aryl methyl sites for hydroxylation is 1. The molecule has 3 rings (SSSR count). The largest absolute Gasteiger partial charge is 0.493 e. The number of hydrogen-bond acceptors (Lipinski definition) is 4. The lowest BCUT2D eigenvalue weighted by Gasteiger charge is -2.11. The Morgan fingerprint density at radius 2 is 1.81 bits per heavy atom. The zero-order valence-corrected chi connectivity index (χ0v) is 16.0. The molecule has 0 heterocycles. The van der Waals surface area contributed by atoms with Crippen molar-refractivity contribution in [3.05, 3.63) is 88.4 Å². The van der Waals surface area contributed by atoms with Crippen molar-refractivity contribution in [2.75, 3.05) is 12.5 Å². The zero-order valence-electron chi connectivity index (χ0n) is 15.3. The van der Waals surface area contributed by atoms with E-state index < -0.39 is 0 Å². The lowest BCUT2D eigenvalue weighted by molar-refractivity contribution is 0.284. The molecular formula is C22H21ClN2O2. The zero-order chi connectivity index (χ0) is 19.1. The highest BCUT2D eigenvalue weighted by Gasteiger charge is 2.05. The Labute approximate surface area is 164 Å². The molecule has 0 saturated heterocycles. The van der Waals surface area contributed by atoms with E-state index >= 15 is 0 Å². The van der Waals surface area contributed by atoms with E-state index in [9.17, 15) is 0 Å². The van der Waals surface area contributed by atoms with Crippen LogP contribution in [0.4, 0.5) is 5.69 Å². The average molecular weight is 381 g/mol. The maximum Gasteiger partial charge on any atom is 0.161 e. The number of nitrogens with one attached hydrogen (secondary N) is 1. The monoisotopic (exact) mass is 380 g/mol. The summed E-state index contributed by atoms with van der Waals surface area (Å²) in [6.07, 6.45) is 1.72. The molecule has 3 aromatic rings. The number of benzene rings is 3. The summed E-state index contributed by atoms with van der Waals surface area (Å²) in [6, 6.07) is 21.4. The number of hydrogen-bond donors (Lipinski definition) is 1. The first kappa shape index (κ1) is 18.8. The van der Waals surface area contributed by atoms with Gasteiger partial charge in [0.1, 0.15) is 6.61 Å². The molecule has 4 nitrogen and oxygen atoms in total. The molecule has 138 valence electrons. The molecule has 0 spiro atoms. The average Bonchev–Trinajstić information content (AvgIpc) is 2.70. The molecule has 27 heavy (non-hydrogen) atoms. The SMILES string of the molecule is COc1cc(/C=N/Nc2ccc(C)c(Cl)c2)ccc1OCc1ccccc1. The molecule has 0 unspecified atom stereocenters. The van der Waals surface area contributed by atoms with Crippen LogP contribution in [0.3, 0.4) is 0 Å². The van der Waals surface area contributed by atoms with E-state index in [0.29, 0.717) is 23.1 Å². The fourth-order valence-electron chi connectivity index (χ4n) is 2.46. The van der Waals surface area contributed by atoms with Crippen molar-refractivity contribution < 1.29 is 9.47 Å². The van der Waals surface area contributed by atoms with Gasteiger partial charge in [-0.3, -0.25) is 5.43 Å². The predicted molar refractivity (Wildman–Crippen MR) is 111 cm³/mol. The summed E-state index contributed by atoms with van der Waals surface area (Å²) in [6.45, 7) is 2.45. The third-order valence-electron chi connectivity index (χ3n) is 4.00. The first-order valence-electron chi connectivity index (χ1n) is 8.55. The van der Waals surface area contributed by atoms with Crippen LogP contribution in [0.25, 0.3) is 0 Å². The van der Waals surface area contributed by atoms with Crippen molar-refractivity contribution in [2.24, 2.45) is 5.10 Å². The smallest absolute Gasteiger partial charge is 0.161 e. The van der Waals surface area contributed by atoms with Gasteiger partial charge in [-0.05, 0) is 53.9 Å². The Morgan fingerprint density at radius 3 is 2.56 bits per heavy atom. The minimum atomic E-state index is 0.486. The third-order valence-corrected chi connectivity index (χ3v) is 4.41. The highest BCUT2D eigenvalue weighted by Crippen LogP contribution is 2.28. The van der Waals surface area contributed by atoms with Crippen LogP contribution in [0.5, 0.6) is 11.5 Å². The molecule has 0 aliphatic carbocycles. The normalized spacial score (nSPS) is 10.8. The van der Waals surface area contributed by atoms with Crippen molar-refractivity contribution in [1.82, 2.24) is 0 Å². The minimum absolute atomic E-state index is 0.486. The van der Waals surface area contributed by atoms with Gasteiger partial charge in [-0.15, -0.1) is 0 Å². The summed E-state index contributed by atoms with van der Waals surface area (Å²) in [5.41, 5.74) is 6.83. The van der Waals surface area contributed by atoms with Crippen LogP contribution in [0.1, 0.15) is 16.7 Å². The second kappa shape index (κ2) is 9.10. The number of anilines is 1. The van der Waals surface area contributed by atoms with Crippen molar-refractivity contribution >= 4 is 23.5 Å². The predicted octanol–water partition coefficient (Wildman–Crippen LogP) is 5.68. The van der Waals surface area contributed by atoms with Crippen LogP contribution in [0.2, 0.25) is 5.02 Å². The number of nitrogens with zero attached hydrogens (tertiary/aromatic N) is 1. The van der Waals surface area contributed by atoms with E-state index in [1.165, 1.54) is 0 Å². The van der Waals surface area contributed by atoms with Crippen LogP contribution in [0, 0.1) is 6.92 Å². The number of ether oxygens (including phenoxy) is 2. The molecule has 0 aliphatic rings. The standard InChI is InChI=1S/C22H21ClN2O2/c1-16-8-10-19(13-20(16)23)25-24-14-18-9-11-21(22(12-18)26-2)27-15-17-6-4-3-5-7-17/h3-14,25H,15H2,1-2H3/b24-14+. The van der Waals surface area contributed by atoms with E-state index in [1.807, 2.05) is 73.7 Å². The summed E-state index contributed by atoms with van der Waals surface area (Å²) in [7, 11) is 1.62. The van der Waals surface area contributed by atoms with Gasteiger partial charge in [0, 0.05) is 5.02 Å². The lowest BCUT2D eigenvalue weighted by Crippen LogP contribution is -1.98. The fourth-order valence-corrected chi connectivity index (χ4v) is 2.64. The van der Waals surface area contributed by atoms with E-state index in [1.54, 1.807) is 13.3 Å². The van der Waals surface area contributed by atoms with Crippen molar-refractivity contribution in [2.45, 2.75) is 13.5 Å². The molecule has 5 heteroatoms. The quantitative estimate of drug-likeness (QED) is 0.423. The highest BCUT2D eigenvalue weighted by atomic mass is 35.5. The molecular weight excluding hydrogens is 360 g/mol. The minimum Gasteiger partial charge on any atom is -0.493 e. The van der Waals surface area contributed by atoms with Crippen LogP contribution >= 0.6 is 11.6 Å². The number of hydrazone groups is 1. The molecule has 1 N–H and O–H groups in total. The fraction of sp³-hybridized carbons (Fsp3) is 0.136. The molecule has 0 aromatic heterocycles. The van der Waals surface area contributed by atoms with Crippen molar-refractivity contribution in [1.29, 1.82) is 0 Å². The summed E-state index contributed by atoms with van der Waals surface area (Å²) in [4.78, 5) is 0. The van der Waals surface area contributed by atoms with E-state index in [4.69, 9.17) is 21.1 Å². The lowest BCUT2D eigenvalue weighted by atomic mass is 10.2. The third kappa shape index (κ3) is 5.25. The van der Waals surface area contributed by atoms with Crippen LogP contribution < -0.4 is 14.9 Å². The topological polar surface area (TPSA) is 42.8 Å². The molecule has 0 atom stereocenters. The second-order valence-electron chi connectivity index (χ2n) is 6.02. The van der Waals surface area contributed by atoms with Gasteiger partial charge in [0.25, 0.3) is 0 Å². The number of halogens is 1. The molecule has 0 aliphatic heterocycles. The van der Waals surface area contributed by atoms with Crippen LogP contribution in [-0.4, -0.2) is 13.3 Å². The Bertz CT molecular complexity index is 927. The van der Waals surface area contributed by atoms with Gasteiger partial charge in [0.2, 0.25) is 0 Å². The first-order valence-corrected chi connectivity index (χ1v) is 8.93. The van der Waals surface area contributed by atoms with E-state index in [2.05, 4.69) is 10.5 Å². The van der Waals surface area contributed by atoms with Gasteiger partial charge < -0.3 is 9.47 Å². The second-order valence-corrected chi connectivity index (χ2v) is 6.43. The Morgan fingerprint density at radius 1 is 1.00 bits per heavy atom. The van der Waals surface area contributed by atoms with Crippen LogP contribution in [0.15, 0.2) is 71.8 Å². The van der Waals surface area contributed by atoms with Crippen molar-refractivity contribution in [3.8, 4) is 11.5 Å². The van der Waals surface area contributed by atoms with Gasteiger partial charge in [-0.25, -0.2) is 0 Å². The summed E-state index contributed by atoms with van der Waals surface area (Å²) < 4.78 is 11.3. The summed E-state index contributed by atoms with van der Waals surface area (Å²) in [5.74, 6) is 1.35. The Hall–Kier alpha value is -2.98. The first-order chi connectivity index (χ1) is 13.2. The van der Waals surface area contributed by atoms with Crippen LogP contribution in [-0.2, 0) is 6.61 Å². The maximum atomic E-state index is 6.12.